The van der Waals surface area contributed by atoms with Crippen LogP contribution in [0.3, 0.4) is 0 Å². The summed E-state index contributed by atoms with van der Waals surface area (Å²) >= 11 is 6.03. The molecule has 128 valence electrons. The van der Waals surface area contributed by atoms with Gasteiger partial charge in [-0.3, -0.25) is 4.79 Å². The van der Waals surface area contributed by atoms with Crippen molar-refractivity contribution in [3.63, 3.8) is 0 Å². The highest BCUT2D eigenvalue weighted by Crippen LogP contribution is 2.20. The summed E-state index contributed by atoms with van der Waals surface area (Å²) in [5, 5.41) is 3.21. The lowest BCUT2D eigenvalue weighted by molar-refractivity contribution is -0.123. The van der Waals surface area contributed by atoms with Crippen molar-refractivity contribution in [3.8, 4) is 0 Å². The summed E-state index contributed by atoms with van der Waals surface area (Å²) < 4.78 is 10.3. The summed E-state index contributed by atoms with van der Waals surface area (Å²) in [6, 6.07) is 9.89. The molecular formula is C18H15ClN2O4. The second-order valence-corrected chi connectivity index (χ2v) is 5.94. The monoisotopic (exact) mass is 358 g/mol. The van der Waals surface area contributed by atoms with E-state index >= 15 is 0 Å². The van der Waals surface area contributed by atoms with Crippen LogP contribution in [-0.2, 0) is 9.53 Å². The first-order valence-corrected chi connectivity index (χ1v) is 7.93. The molecule has 2 aromatic carbocycles. The number of halogens is 1. The van der Waals surface area contributed by atoms with Gasteiger partial charge in [-0.25, -0.2) is 9.78 Å². The Morgan fingerprint density at radius 2 is 2.04 bits per heavy atom. The van der Waals surface area contributed by atoms with Gasteiger partial charge in [-0.2, -0.15) is 0 Å². The minimum absolute atomic E-state index is 0.291. The molecule has 1 atom stereocenters. The van der Waals surface area contributed by atoms with Gasteiger partial charge in [-0.1, -0.05) is 17.7 Å². The Balaban J connectivity index is 1.65. The van der Waals surface area contributed by atoms with Crippen molar-refractivity contribution in [1.29, 1.82) is 0 Å². The number of nitrogens with one attached hydrogen (secondary N) is 1. The van der Waals surface area contributed by atoms with E-state index in [1.807, 2.05) is 6.92 Å². The van der Waals surface area contributed by atoms with Gasteiger partial charge in [0.2, 0.25) is 0 Å². The summed E-state index contributed by atoms with van der Waals surface area (Å²) in [7, 11) is 0. The molecule has 1 unspecified atom stereocenters. The fourth-order valence-corrected chi connectivity index (χ4v) is 2.36. The smallest absolute Gasteiger partial charge is 0.338 e. The van der Waals surface area contributed by atoms with E-state index in [0.29, 0.717) is 27.4 Å². The summed E-state index contributed by atoms with van der Waals surface area (Å²) in [5.74, 6) is -1.06. The Morgan fingerprint density at radius 3 is 2.80 bits per heavy atom. The van der Waals surface area contributed by atoms with E-state index in [9.17, 15) is 9.59 Å². The third-order valence-corrected chi connectivity index (χ3v) is 4.07. The number of amides is 1. The van der Waals surface area contributed by atoms with Crippen LogP contribution < -0.4 is 5.32 Å². The van der Waals surface area contributed by atoms with E-state index in [2.05, 4.69) is 10.3 Å². The van der Waals surface area contributed by atoms with Gasteiger partial charge >= 0.3 is 5.97 Å². The third-order valence-electron chi connectivity index (χ3n) is 3.66. The zero-order valence-corrected chi connectivity index (χ0v) is 14.3. The number of fused-ring (bicyclic) bond motifs is 1. The molecule has 0 fully saturated rings. The first-order valence-electron chi connectivity index (χ1n) is 7.55. The zero-order chi connectivity index (χ0) is 18.0. The predicted molar refractivity (Wildman–Crippen MR) is 93.7 cm³/mol. The predicted octanol–water partition coefficient (Wildman–Crippen LogP) is 3.97. The lowest BCUT2D eigenvalue weighted by Gasteiger charge is -2.14. The molecule has 0 aliphatic rings. The van der Waals surface area contributed by atoms with Crippen LogP contribution in [0.4, 0.5) is 5.69 Å². The normalized spacial score (nSPS) is 12.0. The number of anilines is 1. The molecule has 1 amide bonds. The average molecular weight is 359 g/mol. The van der Waals surface area contributed by atoms with Crippen LogP contribution in [0.15, 0.2) is 47.2 Å². The van der Waals surface area contributed by atoms with Gasteiger partial charge in [-0.05, 0) is 49.7 Å². The van der Waals surface area contributed by atoms with Crippen LogP contribution in [0, 0.1) is 6.92 Å². The minimum atomic E-state index is -0.972. The maximum atomic E-state index is 12.2. The third kappa shape index (κ3) is 3.80. The second kappa shape index (κ2) is 6.94. The molecule has 0 bridgehead atoms. The highest BCUT2D eigenvalue weighted by molar-refractivity contribution is 6.31. The molecule has 1 heterocycles. The van der Waals surface area contributed by atoms with Gasteiger partial charge in [-0.15, -0.1) is 0 Å². The van der Waals surface area contributed by atoms with Crippen molar-refractivity contribution < 1.29 is 18.7 Å². The Morgan fingerprint density at radius 1 is 1.24 bits per heavy atom. The number of aryl methyl sites for hydroxylation is 1. The van der Waals surface area contributed by atoms with Crippen LogP contribution in [-0.4, -0.2) is 23.0 Å². The van der Waals surface area contributed by atoms with Gasteiger partial charge in [0, 0.05) is 10.7 Å². The molecule has 6 nitrogen and oxygen atoms in total. The van der Waals surface area contributed by atoms with Crippen molar-refractivity contribution in [3.05, 3.63) is 58.9 Å². The first kappa shape index (κ1) is 17.0. The fourth-order valence-electron chi connectivity index (χ4n) is 2.18. The Hall–Kier alpha value is -2.86. The van der Waals surface area contributed by atoms with E-state index in [1.54, 1.807) is 36.4 Å². The quantitative estimate of drug-likeness (QED) is 0.713. The maximum absolute atomic E-state index is 12.2. The number of hydrogen-bond acceptors (Lipinski definition) is 5. The minimum Gasteiger partial charge on any atom is -0.449 e. The van der Waals surface area contributed by atoms with Gasteiger partial charge < -0.3 is 14.5 Å². The standard InChI is InChI=1S/C18H15ClN2O4/c1-10-3-5-13(8-14(10)19)21-17(22)11(2)25-18(23)12-4-6-16-15(7-12)20-9-24-16/h3-9,11H,1-2H3,(H,21,22). The van der Waals surface area contributed by atoms with E-state index in [0.717, 1.165) is 5.56 Å². The molecule has 25 heavy (non-hydrogen) atoms. The molecule has 0 aliphatic heterocycles. The lowest BCUT2D eigenvalue weighted by atomic mass is 10.2. The van der Waals surface area contributed by atoms with Crippen molar-refractivity contribution >= 4 is 40.3 Å². The van der Waals surface area contributed by atoms with Crippen LogP contribution in [0.1, 0.15) is 22.8 Å². The SMILES string of the molecule is Cc1ccc(NC(=O)C(C)OC(=O)c2ccc3ocnc3c2)cc1Cl. The van der Waals surface area contributed by atoms with E-state index in [1.165, 1.54) is 13.3 Å². The van der Waals surface area contributed by atoms with Crippen molar-refractivity contribution in [2.24, 2.45) is 0 Å². The first-order chi connectivity index (χ1) is 11.9. The molecule has 0 aliphatic carbocycles. The topological polar surface area (TPSA) is 81.4 Å². The summed E-state index contributed by atoms with van der Waals surface area (Å²) in [6.45, 7) is 3.36. The molecule has 3 aromatic rings. The number of nitrogens with zero attached hydrogens (tertiary/aromatic N) is 1. The van der Waals surface area contributed by atoms with E-state index in [4.69, 9.17) is 20.8 Å². The van der Waals surface area contributed by atoms with E-state index < -0.39 is 18.0 Å². The number of hydrogen-bond donors (Lipinski definition) is 1. The number of esters is 1. The molecule has 0 saturated heterocycles. The van der Waals surface area contributed by atoms with Crippen LogP contribution in [0.5, 0.6) is 0 Å². The maximum Gasteiger partial charge on any atom is 0.338 e. The fraction of sp³-hybridized carbons (Fsp3) is 0.167. The molecule has 0 radical (unpaired) electrons. The van der Waals surface area contributed by atoms with Crippen LogP contribution in [0.2, 0.25) is 5.02 Å². The molecule has 0 saturated carbocycles. The lowest BCUT2D eigenvalue weighted by Crippen LogP contribution is -2.30. The largest absolute Gasteiger partial charge is 0.449 e. The Labute approximate surface area is 148 Å². The summed E-state index contributed by atoms with van der Waals surface area (Å²) in [5.41, 5.74) is 2.84. The van der Waals surface area contributed by atoms with Gasteiger partial charge in [0.25, 0.3) is 5.91 Å². The average Bonchev–Trinajstić information content (AvgIpc) is 3.05. The molecule has 3 rings (SSSR count). The molecule has 7 heteroatoms. The summed E-state index contributed by atoms with van der Waals surface area (Å²) in [6.07, 6.45) is 0.323. The van der Waals surface area contributed by atoms with Crippen molar-refractivity contribution in [2.45, 2.75) is 20.0 Å². The number of carbonyl (C=O) groups excluding carboxylic acids is 2. The zero-order valence-electron chi connectivity index (χ0n) is 13.6. The number of ether oxygens (including phenoxy) is 1. The highest BCUT2D eigenvalue weighted by Gasteiger charge is 2.20. The van der Waals surface area contributed by atoms with Gasteiger partial charge in [0.15, 0.2) is 18.1 Å². The van der Waals surface area contributed by atoms with Crippen LogP contribution >= 0.6 is 11.6 Å². The number of carbonyl (C=O) groups is 2. The number of benzene rings is 2. The van der Waals surface area contributed by atoms with E-state index in [-0.39, 0.29) is 0 Å². The van der Waals surface area contributed by atoms with Crippen molar-refractivity contribution in [2.75, 3.05) is 5.32 Å². The highest BCUT2D eigenvalue weighted by atomic mass is 35.5. The van der Waals surface area contributed by atoms with Crippen molar-refractivity contribution in [1.82, 2.24) is 4.98 Å². The molecule has 1 aromatic heterocycles. The second-order valence-electron chi connectivity index (χ2n) is 5.54. The molecular weight excluding hydrogens is 344 g/mol. The van der Waals surface area contributed by atoms with Crippen LogP contribution in [0.25, 0.3) is 11.1 Å². The van der Waals surface area contributed by atoms with Gasteiger partial charge in [0.05, 0.1) is 5.56 Å². The molecule has 1 N–H and O–H groups in total. The number of rotatable bonds is 4. The molecule has 0 spiro atoms. The summed E-state index contributed by atoms with van der Waals surface area (Å²) in [4.78, 5) is 28.4. The number of aromatic nitrogens is 1. The van der Waals surface area contributed by atoms with Gasteiger partial charge in [0.1, 0.15) is 5.52 Å². The Bertz CT molecular complexity index is 951. The Kier molecular flexibility index (Phi) is 4.72. The number of oxazole rings is 1.